The van der Waals surface area contributed by atoms with Crippen LogP contribution in [0.1, 0.15) is 21.7 Å². The van der Waals surface area contributed by atoms with E-state index in [-0.39, 0.29) is 11.4 Å². The van der Waals surface area contributed by atoms with E-state index in [0.717, 1.165) is 25.3 Å². The highest BCUT2D eigenvalue weighted by atomic mass is 32.2. The van der Waals surface area contributed by atoms with Crippen LogP contribution in [0.25, 0.3) is 0 Å². The van der Waals surface area contributed by atoms with Crippen molar-refractivity contribution >= 4 is 21.7 Å². The van der Waals surface area contributed by atoms with Crippen LogP contribution in [0.2, 0.25) is 0 Å². The summed E-state index contributed by atoms with van der Waals surface area (Å²) in [6.07, 6.45) is -4.67. The summed E-state index contributed by atoms with van der Waals surface area (Å²) in [6, 6.07) is 4.62. The highest BCUT2D eigenvalue weighted by molar-refractivity contribution is 7.92. The Morgan fingerprint density at radius 3 is 2.50 bits per heavy atom. The number of carbonyl (C=O) groups is 1. The van der Waals surface area contributed by atoms with Crippen molar-refractivity contribution in [1.82, 2.24) is 4.98 Å². The zero-order valence-electron chi connectivity index (χ0n) is 12.6. The number of rotatable bonds is 4. The van der Waals surface area contributed by atoms with Gasteiger partial charge in [0.1, 0.15) is 5.69 Å². The van der Waals surface area contributed by atoms with Gasteiger partial charge in [-0.25, -0.2) is 13.2 Å². The van der Waals surface area contributed by atoms with Gasteiger partial charge >= 0.3 is 12.1 Å². The normalized spacial score (nSPS) is 12.0. The average molecular weight is 362 g/mol. The predicted molar refractivity (Wildman–Crippen MR) is 79.1 cm³/mol. The number of aryl methyl sites for hydroxylation is 1. The maximum absolute atomic E-state index is 12.7. The number of halogens is 3. The molecule has 0 saturated heterocycles. The number of H-pyrrole nitrogens is 1. The molecule has 10 heteroatoms. The Morgan fingerprint density at radius 1 is 1.25 bits per heavy atom. The topological polar surface area (TPSA) is 88.3 Å². The van der Waals surface area contributed by atoms with Crippen molar-refractivity contribution in [2.75, 3.05) is 11.8 Å². The number of hydrogen-bond acceptors (Lipinski definition) is 4. The average Bonchev–Trinajstić information content (AvgIpc) is 2.85. The molecule has 0 atom stereocenters. The Morgan fingerprint density at radius 2 is 1.92 bits per heavy atom. The number of ether oxygens (including phenoxy) is 1. The Labute approximate surface area is 135 Å². The maximum Gasteiger partial charge on any atom is 0.416 e. The van der Waals surface area contributed by atoms with Crippen LogP contribution in [0.5, 0.6) is 0 Å². The summed E-state index contributed by atoms with van der Waals surface area (Å²) in [5.74, 6) is -0.815. The number of benzene rings is 1. The van der Waals surface area contributed by atoms with Crippen LogP contribution in [-0.2, 0) is 20.9 Å². The van der Waals surface area contributed by atoms with E-state index in [4.69, 9.17) is 0 Å². The lowest BCUT2D eigenvalue weighted by atomic mass is 10.2. The van der Waals surface area contributed by atoms with E-state index in [0.29, 0.717) is 11.8 Å². The molecule has 24 heavy (non-hydrogen) atoms. The fourth-order valence-corrected chi connectivity index (χ4v) is 3.08. The zero-order chi connectivity index (χ0) is 18.1. The van der Waals surface area contributed by atoms with Gasteiger partial charge in [0.25, 0.3) is 10.0 Å². The molecule has 6 nitrogen and oxygen atoms in total. The summed E-state index contributed by atoms with van der Waals surface area (Å²) in [5, 5.41) is 0. The van der Waals surface area contributed by atoms with Gasteiger partial charge in [0.05, 0.1) is 23.3 Å². The standard InChI is InChI=1S/C14H13F3N2O4S/c1-8-6-11(12(18-8)13(20)23-2)19-24(21,22)10-5-3-4-9(7-10)14(15,16)17/h3-7,18-19H,1-2H3. The van der Waals surface area contributed by atoms with Gasteiger partial charge in [-0.05, 0) is 31.2 Å². The van der Waals surface area contributed by atoms with Crippen LogP contribution < -0.4 is 4.72 Å². The minimum Gasteiger partial charge on any atom is -0.464 e. The molecular weight excluding hydrogens is 349 g/mol. The van der Waals surface area contributed by atoms with Gasteiger partial charge in [-0.2, -0.15) is 13.2 Å². The van der Waals surface area contributed by atoms with Crippen molar-refractivity contribution in [3.8, 4) is 0 Å². The predicted octanol–water partition coefficient (Wildman–Crippen LogP) is 2.93. The van der Waals surface area contributed by atoms with Crippen molar-refractivity contribution in [2.24, 2.45) is 0 Å². The smallest absolute Gasteiger partial charge is 0.416 e. The van der Waals surface area contributed by atoms with Crippen molar-refractivity contribution in [1.29, 1.82) is 0 Å². The maximum atomic E-state index is 12.7. The van der Waals surface area contributed by atoms with E-state index in [1.165, 1.54) is 6.07 Å². The fraction of sp³-hybridized carbons (Fsp3) is 0.214. The third-order valence-corrected chi connectivity index (χ3v) is 4.42. The summed E-state index contributed by atoms with van der Waals surface area (Å²) >= 11 is 0. The Bertz CT molecular complexity index is 872. The molecule has 1 aromatic heterocycles. The Hall–Kier alpha value is -2.49. The molecule has 0 spiro atoms. The molecule has 0 radical (unpaired) electrons. The lowest BCUT2D eigenvalue weighted by Crippen LogP contribution is -2.16. The summed E-state index contributed by atoms with van der Waals surface area (Å²) in [7, 11) is -3.21. The second-order valence-corrected chi connectivity index (χ2v) is 6.55. The number of carbonyl (C=O) groups excluding carboxylic acids is 1. The molecule has 0 aliphatic rings. The lowest BCUT2D eigenvalue weighted by Gasteiger charge is -2.11. The number of nitrogens with one attached hydrogen (secondary N) is 2. The molecule has 0 fully saturated rings. The Kier molecular flexibility index (Phi) is 4.61. The number of hydrogen-bond donors (Lipinski definition) is 2. The number of methoxy groups -OCH3 is 1. The van der Waals surface area contributed by atoms with Crippen LogP contribution in [0.15, 0.2) is 35.2 Å². The highest BCUT2D eigenvalue weighted by Gasteiger charge is 2.32. The Balaban J connectivity index is 2.42. The second-order valence-electron chi connectivity index (χ2n) is 4.86. The van der Waals surface area contributed by atoms with Crippen molar-refractivity contribution in [3.05, 3.63) is 47.3 Å². The number of alkyl halides is 3. The molecule has 1 heterocycles. The first kappa shape index (κ1) is 17.9. The second kappa shape index (κ2) is 6.19. The van der Waals surface area contributed by atoms with E-state index in [9.17, 15) is 26.4 Å². The summed E-state index contributed by atoms with van der Waals surface area (Å²) in [6.45, 7) is 1.58. The molecule has 0 unspecified atom stereocenters. The van der Waals surface area contributed by atoms with E-state index < -0.39 is 32.6 Å². The fourth-order valence-electron chi connectivity index (χ4n) is 1.98. The molecule has 1 aromatic carbocycles. The van der Waals surface area contributed by atoms with E-state index in [1.807, 2.05) is 0 Å². The van der Waals surface area contributed by atoms with Gasteiger partial charge < -0.3 is 9.72 Å². The molecule has 2 N–H and O–H groups in total. The van der Waals surface area contributed by atoms with E-state index in [1.54, 1.807) is 6.92 Å². The van der Waals surface area contributed by atoms with Crippen LogP contribution in [0.3, 0.4) is 0 Å². The first-order chi connectivity index (χ1) is 11.0. The molecule has 0 saturated carbocycles. The van der Waals surface area contributed by atoms with E-state index >= 15 is 0 Å². The van der Waals surface area contributed by atoms with Gasteiger partial charge in [-0.1, -0.05) is 6.07 Å². The number of aromatic amines is 1. The molecule has 2 aromatic rings. The largest absolute Gasteiger partial charge is 0.464 e. The minimum atomic E-state index is -4.67. The molecule has 0 aliphatic heterocycles. The minimum absolute atomic E-state index is 0.114. The number of esters is 1. The first-order valence-corrected chi connectivity index (χ1v) is 8.01. The SMILES string of the molecule is COC(=O)c1[nH]c(C)cc1NS(=O)(=O)c1cccc(C(F)(F)F)c1. The lowest BCUT2D eigenvalue weighted by molar-refractivity contribution is -0.137. The van der Waals surface area contributed by atoms with Gasteiger partial charge in [-0.3, -0.25) is 4.72 Å². The molecule has 0 aliphatic carbocycles. The zero-order valence-corrected chi connectivity index (χ0v) is 13.4. The van der Waals surface area contributed by atoms with Gasteiger partial charge in [0.15, 0.2) is 0 Å². The molecule has 130 valence electrons. The monoisotopic (exact) mass is 362 g/mol. The van der Waals surface area contributed by atoms with Gasteiger partial charge in [-0.15, -0.1) is 0 Å². The summed E-state index contributed by atoms with van der Waals surface area (Å²) in [4.78, 5) is 13.7. The highest BCUT2D eigenvalue weighted by Crippen LogP contribution is 2.31. The third kappa shape index (κ3) is 3.70. The molecular formula is C14H13F3N2O4S. The first-order valence-electron chi connectivity index (χ1n) is 6.52. The van der Waals surface area contributed by atoms with Crippen molar-refractivity contribution < 1.29 is 31.1 Å². The third-order valence-electron chi connectivity index (χ3n) is 3.06. The number of anilines is 1. The number of sulfonamides is 1. The van der Waals surface area contributed by atoms with Gasteiger partial charge in [0.2, 0.25) is 0 Å². The van der Waals surface area contributed by atoms with Crippen molar-refractivity contribution in [3.63, 3.8) is 0 Å². The molecule has 0 bridgehead atoms. The quantitative estimate of drug-likeness (QED) is 0.819. The summed E-state index contributed by atoms with van der Waals surface area (Å²) < 4.78 is 69.4. The van der Waals surface area contributed by atoms with Crippen LogP contribution in [0, 0.1) is 6.92 Å². The van der Waals surface area contributed by atoms with Gasteiger partial charge in [0, 0.05) is 5.69 Å². The van der Waals surface area contributed by atoms with Crippen LogP contribution in [0.4, 0.5) is 18.9 Å². The van der Waals surface area contributed by atoms with E-state index in [2.05, 4.69) is 14.4 Å². The number of aromatic nitrogens is 1. The molecule has 0 amide bonds. The van der Waals surface area contributed by atoms with Crippen LogP contribution >= 0.6 is 0 Å². The summed E-state index contributed by atoms with van der Waals surface area (Å²) in [5.41, 5.74) is -0.886. The van der Waals surface area contributed by atoms with Crippen molar-refractivity contribution in [2.45, 2.75) is 18.0 Å². The molecule has 2 rings (SSSR count). The van der Waals surface area contributed by atoms with Crippen LogP contribution in [-0.4, -0.2) is 26.5 Å².